The molecule has 1 unspecified atom stereocenters. The van der Waals surface area contributed by atoms with Gasteiger partial charge in [-0.25, -0.2) is 5.43 Å². The molecule has 0 saturated carbocycles. The number of hydrogen-bond acceptors (Lipinski definition) is 4. The Bertz CT molecular complexity index is 613. The van der Waals surface area contributed by atoms with Crippen LogP contribution >= 0.6 is 22.7 Å². The third-order valence-corrected chi connectivity index (χ3v) is 4.74. The van der Waals surface area contributed by atoms with Crippen LogP contribution in [0.25, 0.3) is 10.1 Å². The zero-order chi connectivity index (χ0) is 11.7. The molecule has 4 heteroatoms. The number of thiophene rings is 2. The summed E-state index contributed by atoms with van der Waals surface area (Å²) in [7, 11) is 0. The standard InChI is InChI=1S/C13H12N2S2/c14-15-13(12-6-3-7-16-12)10-8-17-11-5-2-1-4-9(10)11/h1-8,13,15H,14H2. The molecule has 17 heavy (non-hydrogen) atoms. The van der Waals surface area contributed by atoms with E-state index in [1.807, 2.05) is 0 Å². The van der Waals surface area contributed by atoms with Crippen molar-refractivity contribution >= 4 is 32.8 Å². The largest absolute Gasteiger partial charge is 0.271 e. The lowest BCUT2D eigenvalue weighted by atomic mass is 10.1. The smallest absolute Gasteiger partial charge is 0.0816 e. The van der Waals surface area contributed by atoms with Gasteiger partial charge in [0, 0.05) is 9.58 Å². The zero-order valence-electron chi connectivity index (χ0n) is 9.09. The average molecular weight is 260 g/mol. The van der Waals surface area contributed by atoms with E-state index in [0.717, 1.165) is 0 Å². The molecule has 2 heterocycles. The fourth-order valence-corrected chi connectivity index (χ4v) is 3.79. The van der Waals surface area contributed by atoms with Gasteiger partial charge in [-0.2, -0.15) is 0 Å². The monoisotopic (exact) mass is 260 g/mol. The molecule has 3 rings (SSSR count). The van der Waals surface area contributed by atoms with E-state index in [4.69, 9.17) is 5.84 Å². The van der Waals surface area contributed by atoms with Crippen LogP contribution in [0.2, 0.25) is 0 Å². The summed E-state index contributed by atoms with van der Waals surface area (Å²) in [5.41, 5.74) is 4.18. The Morgan fingerprint density at radius 2 is 1.94 bits per heavy atom. The molecule has 0 spiro atoms. The molecule has 0 aliphatic carbocycles. The molecular formula is C13H12N2S2. The molecule has 0 saturated heterocycles. The Hall–Kier alpha value is -1.20. The third-order valence-electron chi connectivity index (χ3n) is 2.82. The van der Waals surface area contributed by atoms with Crippen LogP contribution in [-0.2, 0) is 0 Å². The number of nitrogens with one attached hydrogen (secondary N) is 1. The van der Waals surface area contributed by atoms with Gasteiger partial charge in [0.1, 0.15) is 0 Å². The minimum absolute atomic E-state index is 0.0890. The fourth-order valence-electron chi connectivity index (χ4n) is 2.00. The second kappa shape index (κ2) is 4.58. The molecule has 2 aromatic heterocycles. The van der Waals surface area contributed by atoms with Crippen LogP contribution in [0.1, 0.15) is 16.5 Å². The van der Waals surface area contributed by atoms with Crippen molar-refractivity contribution in [1.29, 1.82) is 0 Å². The van der Waals surface area contributed by atoms with E-state index in [0.29, 0.717) is 0 Å². The van der Waals surface area contributed by atoms with Gasteiger partial charge in [-0.3, -0.25) is 5.84 Å². The van der Waals surface area contributed by atoms with E-state index in [2.05, 4.69) is 52.6 Å². The third kappa shape index (κ3) is 1.89. The maximum atomic E-state index is 5.71. The van der Waals surface area contributed by atoms with Crippen molar-refractivity contribution in [2.45, 2.75) is 6.04 Å². The quantitative estimate of drug-likeness (QED) is 0.558. The number of benzene rings is 1. The van der Waals surface area contributed by atoms with E-state index in [1.165, 1.54) is 20.5 Å². The highest BCUT2D eigenvalue weighted by Crippen LogP contribution is 2.34. The first-order valence-electron chi connectivity index (χ1n) is 5.36. The Morgan fingerprint density at radius 3 is 2.71 bits per heavy atom. The van der Waals surface area contributed by atoms with Crippen molar-refractivity contribution < 1.29 is 0 Å². The van der Waals surface area contributed by atoms with Crippen molar-refractivity contribution in [2.24, 2.45) is 5.84 Å². The van der Waals surface area contributed by atoms with Crippen LogP contribution in [0.5, 0.6) is 0 Å². The molecule has 0 aliphatic rings. The highest BCUT2D eigenvalue weighted by Gasteiger charge is 2.17. The van der Waals surface area contributed by atoms with Crippen molar-refractivity contribution in [3.8, 4) is 0 Å². The Balaban J connectivity index is 2.13. The lowest BCUT2D eigenvalue weighted by molar-refractivity contribution is 0.652. The highest BCUT2D eigenvalue weighted by molar-refractivity contribution is 7.17. The first-order valence-corrected chi connectivity index (χ1v) is 7.12. The number of rotatable bonds is 3. The highest BCUT2D eigenvalue weighted by atomic mass is 32.1. The lowest BCUT2D eigenvalue weighted by Crippen LogP contribution is -2.27. The zero-order valence-corrected chi connectivity index (χ0v) is 10.7. The summed E-state index contributed by atoms with van der Waals surface area (Å²) in [6, 6.07) is 12.7. The summed E-state index contributed by atoms with van der Waals surface area (Å²) < 4.78 is 1.30. The SMILES string of the molecule is NNC(c1cccs1)c1csc2ccccc12. The van der Waals surface area contributed by atoms with E-state index >= 15 is 0 Å². The van der Waals surface area contributed by atoms with Gasteiger partial charge in [-0.05, 0) is 33.8 Å². The number of fused-ring (bicyclic) bond motifs is 1. The maximum absolute atomic E-state index is 5.71. The first kappa shape index (κ1) is 10.9. The molecule has 86 valence electrons. The van der Waals surface area contributed by atoms with Gasteiger partial charge in [0.05, 0.1) is 6.04 Å². The summed E-state index contributed by atoms with van der Waals surface area (Å²) >= 11 is 3.49. The number of nitrogens with two attached hydrogens (primary N) is 1. The summed E-state index contributed by atoms with van der Waals surface area (Å²) in [6.07, 6.45) is 0. The summed E-state index contributed by atoms with van der Waals surface area (Å²) in [4.78, 5) is 1.25. The molecule has 1 aromatic carbocycles. The van der Waals surface area contributed by atoms with Gasteiger partial charge >= 0.3 is 0 Å². The average Bonchev–Trinajstić information content (AvgIpc) is 3.01. The molecule has 2 nitrogen and oxygen atoms in total. The van der Waals surface area contributed by atoms with Gasteiger partial charge < -0.3 is 0 Å². The van der Waals surface area contributed by atoms with Crippen molar-refractivity contribution in [1.82, 2.24) is 5.43 Å². The van der Waals surface area contributed by atoms with Gasteiger partial charge in [0.15, 0.2) is 0 Å². The van der Waals surface area contributed by atoms with Crippen molar-refractivity contribution in [3.63, 3.8) is 0 Å². The molecule has 3 N–H and O–H groups in total. The second-order valence-corrected chi connectivity index (χ2v) is 5.69. The molecule has 1 atom stereocenters. The van der Waals surface area contributed by atoms with Crippen LogP contribution in [-0.4, -0.2) is 0 Å². The molecule has 0 radical (unpaired) electrons. The van der Waals surface area contributed by atoms with Crippen LogP contribution in [0.3, 0.4) is 0 Å². The fraction of sp³-hybridized carbons (Fsp3) is 0.0769. The summed E-state index contributed by atoms with van der Waals surface area (Å²) in [5, 5.41) is 5.55. The molecular weight excluding hydrogens is 248 g/mol. The minimum Gasteiger partial charge on any atom is -0.271 e. The maximum Gasteiger partial charge on any atom is 0.0816 e. The van der Waals surface area contributed by atoms with Crippen LogP contribution in [0.4, 0.5) is 0 Å². The Kier molecular flexibility index (Phi) is 2.94. The summed E-state index contributed by atoms with van der Waals surface area (Å²) in [6.45, 7) is 0. The van der Waals surface area contributed by atoms with Crippen LogP contribution < -0.4 is 11.3 Å². The Morgan fingerprint density at radius 1 is 1.06 bits per heavy atom. The lowest BCUT2D eigenvalue weighted by Gasteiger charge is -2.13. The molecule has 0 aliphatic heterocycles. The van der Waals surface area contributed by atoms with Gasteiger partial charge in [-0.1, -0.05) is 24.3 Å². The topological polar surface area (TPSA) is 38.0 Å². The van der Waals surface area contributed by atoms with Gasteiger partial charge in [-0.15, -0.1) is 22.7 Å². The minimum atomic E-state index is 0.0890. The predicted octanol–water partition coefficient (Wildman–Crippen LogP) is 3.52. The second-order valence-electron chi connectivity index (χ2n) is 3.80. The van der Waals surface area contributed by atoms with E-state index in [9.17, 15) is 0 Å². The number of hydrogen-bond donors (Lipinski definition) is 2. The Labute approximate surface area is 108 Å². The molecule has 0 bridgehead atoms. The number of hydrazine groups is 1. The normalized spacial score (nSPS) is 13.0. The van der Waals surface area contributed by atoms with Crippen LogP contribution in [0.15, 0.2) is 47.2 Å². The first-order chi connectivity index (χ1) is 8.40. The predicted molar refractivity (Wildman–Crippen MR) is 75.3 cm³/mol. The van der Waals surface area contributed by atoms with Crippen LogP contribution in [0, 0.1) is 0 Å². The van der Waals surface area contributed by atoms with E-state index in [-0.39, 0.29) is 6.04 Å². The van der Waals surface area contributed by atoms with Gasteiger partial charge in [0.25, 0.3) is 0 Å². The molecule has 0 fully saturated rings. The van der Waals surface area contributed by atoms with Gasteiger partial charge in [0.2, 0.25) is 0 Å². The van der Waals surface area contributed by atoms with Crippen molar-refractivity contribution in [2.75, 3.05) is 0 Å². The molecule has 0 amide bonds. The van der Waals surface area contributed by atoms with E-state index < -0.39 is 0 Å². The van der Waals surface area contributed by atoms with E-state index in [1.54, 1.807) is 22.7 Å². The summed E-state index contributed by atoms with van der Waals surface area (Å²) in [5.74, 6) is 5.71. The molecule has 3 aromatic rings. The van der Waals surface area contributed by atoms with Crippen molar-refractivity contribution in [3.05, 3.63) is 57.6 Å².